The van der Waals surface area contributed by atoms with E-state index in [1.54, 1.807) is 30.3 Å². The Morgan fingerprint density at radius 1 is 1.11 bits per heavy atom. The minimum Gasteiger partial charge on any atom is -0.381 e. The van der Waals surface area contributed by atoms with Crippen molar-refractivity contribution in [3.05, 3.63) is 59.7 Å². The van der Waals surface area contributed by atoms with Gasteiger partial charge in [0.05, 0.1) is 0 Å². The first-order valence-electron chi connectivity index (χ1n) is 9.60. The molecule has 5 heteroatoms. The number of allylic oxidation sites excluding steroid dienone is 1. The van der Waals surface area contributed by atoms with Gasteiger partial charge in [-0.2, -0.15) is 0 Å². The lowest BCUT2D eigenvalue weighted by Crippen LogP contribution is -2.27. The highest BCUT2D eigenvalue weighted by atomic mass is 16.5. The van der Waals surface area contributed by atoms with E-state index < -0.39 is 17.7 Å². The number of carbonyl (C=O) groups excluding carboxylic acids is 1. The number of aliphatic hydroxyl groups is 3. The van der Waals surface area contributed by atoms with Gasteiger partial charge in [-0.05, 0) is 24.5 Å². The summed E-state index contributed by atoms with van der Waals surface area (Å²) in [6.07, 6.45) is 7.48. The van der Waals surface area contributed by atoms with Crippen LogP contribution in [0.3, 0.4) is 0 Å². The normalized spacial score (nSPS) is 16.1. The van der Waals surface area contributed by atoms with Crippen molar-refractivity contribution in [3.8, 4) is 0 Å². The highest BCUT2D eigenvalue weighted by Gasteiger charge is 2.26. The molecule has 0 spiro atoms. The molecule has 150 valence electrons. The molecule has 1 aliphatic rings. The van der Waals surface area contributed by atoms with Crippen molar-refractivity contribution < 1.29 is 24.9 Å². The fourth-order valence-corrected chi connectivity index (χ4v) is 2.34. The van der Waals surface area contributed by atoms with E-state index in [9.17, 15) is 20.1 Å². The van der Waals surface area contributed by atoms with E-state index in [0.29, 0.717) is 5.56 Å². The van der Waals surface area contributed by atoms with Gasteiger partial charge in [0.1, 0.15) is 6.10 Å². The third-order valence-corrected chi connectivity index (χ3v) is 4.08. The summed E-state index contributed by atoms with van der Waals surface area (Å²) in [6.45, 7) is 6.28. The van der Waals surface area contributed by atoms with Crippen LogP contribution in [0, 0.1) is 0 Å². The van der Waals surface area contributed by atoms with Gasteiger partial charge in [0.2, 0.25) is 0 Å². The number of Topliss-reactive ketones (excluding diaryl/α,β-unsaturated/α-hetero) is 1. The SMILES string of the molecule is CCCCOCCCC.O=C(C1=CCC(O)(O)C=C1)C(O)c1ccccc1. The zero-order chi connectivity index (χ0) is 20.1. The van der Waals surface area contributed by atoms with Crippen LogP contribution in [-0.2, 0) is 9.53 Å². The van der Waals surface area contributed by atoms with Crippen molar-refractivity contribution in [1.82, 2.24) is 0 Å². The van der Waals surface area contributed by atoms with Crippen molar-refractivity contribution in [2.75, 3.05) is 13.2 Å². The molecule has 1 atom stereocenters. The maximum Gasteiger partial charge on any atom is 0.195 e. The summed E-state index contributed by atoms with van der Waals surface area (Å²) in [5.41, 5.74) is 0.798. The first kappa shape index (κ1) is 23.2. The average Bonchev–Trinajstić information content (AvgIpc) is 2.68. The standard InChI is InChI=1S/C14H14O4.C8H18O/c15-12(10-4-2-1-3-5-10)13(16)11-6-8-14(17,18)9-7-11;1-3-5-7-9-8-6-4-2/h1-8,12,15,17-18H,9H2;3-8H2,1-2H3. The maximum absolute atomic E-state index is 12.0. The first-order chi connectivity index (χ1) is 12.9. The minimum absolute atomic E-state index is 0.0634. The van der Waals surface area contributed by atoms with E-state index in [1.165, 1.54) is 37.8 Å². The third-order valence-electron chi connectivity index (χ3n) is 4.08. The Labute approximate surface area is 162 Å². The Morgan fingerprint density at radius 2 is 1.70 bits per heavy atom. The summed E-state index contributed by atoms with van der Waals surface area (Å²) < 4.78 is 5.31. The van der Waals surface area contributed by atoms with E-state index in [-0.39, 0.29) is 12.0 Å². The van der Waals surface area contributed by atoms with Crippen LogP contribution < -0.4 is 0 Å². The Bertz CT molecular complexity index is 598. The Morgan fingerprint density at radius 3 is 2.19 bits per heavy atom. The summed E-state index contributed by atoms with van der Waals surface area (Å²) in [5, 5.41) is 28.5. The van der Waals surface area contributed by atoms with Gasteiger partial charge in [-0.1, -0.05) is 69.2 Å². The lowest BCUT2D eigenvalue weighted by molar-refractivity contribution is -0.124. The number of rotatable bonds is 9. The zero-order valence-electron chi connectivity index (χ0n) is 16.3. The number of hydrogen-bond acceptors (Lipinski definition) is 5. The molecule has 0 fully saturated rings. The van der Waals surface area contributed by atoms with Crippen LogP contribution in [0.2, 0.25) is 0 Å². The van der Waals surface area contributed by atoms with Crippen molar-refractivity contribution >= 4 is 5.78 Å². The predicted octanol–water partition coefficient (Wildman–Crippen LogP) is 3.46. The van der Waals surface area contributed by atoms with Gasteiger partial charge in [0.15, 0.2) is 11.6 Å². The second kappa shape index (κ2) is 12.6. The molecule has 0 saturated heterocycles. The molecule has 0 saturated carbocycles. The monoisotopic (exact) mass is 376 g/mol. The molecule has 0 bridgehead atoms. The smallest absolute Gasteiger partial charge is 0.195 e. The molecule has 1 aliphatic carbocycles. The molecule has 5 nitrogen and oxygen atoms in total. The Kier molecular flexibility index (Phi) is 10.8. The number of benzene rings is 1. The maximum atomic E-state index is 12.0. The molecule has 1 unspecified atom stereocenters. The predicted molar refractivity (Wildman–Crippen MR) is 106 cm³/mol. The Hall–Kier alpha value is -1.79. The van der Waals surface area contributed by atoms with Crippen LogP contribution in [0.15, 0.2) is 54.1 Å². The van der Waals surface area contributed by atoms with E-state index >= 15 is 0 Å². The van der Waals surface area contributed by atoms with Gasteiger partial charge in [-0.15, -0.1) is 0 Å². The molecule has 27 heavy (non-hydrogen) atoms. The van der Waals surface area contributed by atoms with E-state index in [2.05, 4.69) is 13.8 Å². The molecule has 0 aromatic heterocycles. The van der Waals surface area contributed by atoms with Crippen molar-refractivity contribution in [3.63, 3.8) is 0 Å². The number of aliphatic hydroxyl groups excluding tert-OH is 1. The average molecular weight is 376 g/mol. The van der Waals surface area contributed by atoms with Gasteiger partial charge >= 0.3 is 0 Å². The second-order valence-electron chi connectivity index (χ2n) is 6.57. The largest absolute Gasteiger partial charge is 0.381 e. The van der Waals surface area contributed by atoms with E-state index in [0.717, 1.165) is 19.3 Å². The van der Waals surface area contributed by atoms with Crippen LogP contribution in [-0.4, -0.2) is 40.1 Å². The summed E-state index contributed by atoms with van der Waals surface area (Å²) in [7, 11) is 0. The molecular formula is C22H32O5. The summed E-state index contributed by atoms with van der Waals surface area (Å²) in [4.78, 5) is 12.0. The molecule has 0 heterocycles. The van der Waals surface area contributed by atoms with Gasteiger partial charge in [-0.25, -0.2) is 0 Å². The highest BCUT2D eigenvalue weighted by Crippen LogP contribution is 2.23. The molecule has 1 aromatic rings. The lowest BCUT2D eigenvalue weighted by Gasteiger charge is -2.20. The highest BCUT2D eigenvalue weighted by molar-refractivity contribution is 6.01. The molecule has 1 aromatic carbocycles. The zero-order valence-corrected chi connectivity index (χ0v) is 16.3. The molecule has 3 N–H and O–H groups in total. The quantitative estimate of drug-likeness (QED) is 0.454. The van der Waals surface area contributed by atoms with Gasteiger partial charge < -0.3 is 20.1 Å². The number of hydrogen-bond donors (Lipinski definition) is 3. The third kappa shape index (κ3) is 9.11. The van der Waals surface area contributed by atoms with Crippen LogP contribution in [0.25, 0.3) is 0 Å². The van der Waals surface area contributed by atoms with Crippen molar-refractivity contribution in [1.29, 1.82) is 0 Å². The van der Waals surface area contributed by atoms with Crippen molar-refractivity contribution in [2.24, 2.45) is 0 Å². The van der Waals surface area contributed by atoms with Crippen LogP contribution in [0.5, 0.6) is 0 Å². The van der Waals surface area contributed by atoms with Gasteiger partial charge in [0, 0.05) is 25.2 Å². The molecule has 0 aliphatic heterocycles. The topological polar surface area (TPSA) is 87.0 Å². The summed E-state index contributed by atoms with van der Waals surface area (Å²) in [6, 6.07) is 8.61. The van der Waals surface area contributed by atoms with Crippen LogP contribution in [0.1, 0.15) is 57.6 Å². The molecule has 0 amide bonds. The minimum atomic E-state index is -1.90. The number of ether oxygens (including phenoxy) is 1. The van der Waals surface area contributed by atoms with Crippen molar-refractivity contribution in [2.45, 2.75) is 57.8 Å². The fraction of sp³-hybridized carbons (Fsp3) is 0.500. The summed E-state index contributed by atoms with van der Waals surface area (Å²) >= 11 is 0. The summed E-state index contributed by atoms with van der Waals surface area (Å²) in [5.74, 6) is -2.35. The first-order valence-corrected chi connectivity index (χ1v) is 9.60. The number of unbranched alkanes of at least 4 members (excludes halogenated alkanes) is 2. The Balaban J connectivity index is 0.000000345. The second-order valence-corrected chi connectivity index (χ2v) is 6.57. The van der Waals surface area contributed by atoms with Crippen LogP contribution in [0.4, 0.5) is 0 Å². The number of ketones is 1. The lowest BCUT2D eigenvalue weighted by atomic mass is 9.94. The van der Waals surface area contributed by atoms with E-state index in [1.807, 2.05) is 0 Å². The number of carbonyl (C=O) groups is 1. The van der Waals surface area contributed by atoms with E-state index in [4.69, 9.17) is 4.74 Å². The molecule has 2 rings (SSSR count). The fourth-order valence-electron chi connectivity index (χ4n) is 2.34. The molecular weight excluding hydrogens is 344 g/mol. The molecule has 0 radical (unpaired) electrons. The van der Waals surface area contributed by atoms with Gasteiger partial charge in [-0.3, -0.25) is 4.79 Å². The van der Waals surface area contributed by atoms with Crippen LogP contribution >= 0.6 is 0 Å². The van der Waals surface area contributed by atoms with Gasteiger partial charge in [0.25, 0.3) is 0 Å².